The van der Waals surface area contributed by atoms with E-state index < -0.39 is 49.5 Å². The summed E-state index contributed by atoms with van der Waals surface area (Å²) in [5.74, 6) is -0.197. The first kappa shape index (κ1) is 60.6. The van der Waals surface area contributed by atoms with Crippen LogP contribution in [0.25, 0.3) is 0 Å². The average Bonchev–Trinajstić information content (AvgIpc) is 3.31. The summed E-state index contributed by atoms with van der Waals surface area (Å²) in [4.78, 5) is 13.0. The molecule has 0 saturated carbocycles. The van der Waals surface area contributed by atoms with Gasteiger partial charge in [0.2, 0.25) is 5.91 Å². The number of aliphatic hydroxyl groups is 5. The van der Waals surface area contributed by atoms with Gasteiger partial charge in [0, 0.05) is 6.42 Å². The molecule has 1 fully saturated rings. The molecule has 7 atom stereocenters. The lowest BCUT2D eigenvalue weighted by molar-refractivity contribution is -0.302. The third-order valence-corrected chi connectivity index (χ3v) is 12.3. The van der Waals surface area contributed by atoms with E-state index in [1.807, 2.05) is 6.08 Å². The number of hydrogen-bond acceptors (Lipinski definition) is 8. The quantitative estimate of drug-likeness (QED) is 0.0261. The standard InChI is InChI=1S/C56H99NO8/c1-3-5-7-9-11-13-15-17-19-21-23-25-27-29-31-33-35-37-39-41-43-45-50(59)49(48-64-56-55(63)54(62)53(61)51(47-58)65-56)57-52(60)46-44-42-40-38-36-34-32-30-28-26-24-22-20-18-16-14-12-10-8-6-4-2/h6,8,12,14,18,20,24,26,30,32,43,45,49-51,53-56,58-59,61-63H,3-5,7,9-11,13,15-17,19,21-23,25,27-29,31,33-42,44,46-48H2,1-2H3,(H,57,60)/b8-6-,14-12-,20-18-,26-24-,32-30-,45-43+. The van der Waals surface area contributed by atoms with Gasteiger partial charge in [-0.1, -0.05) is 222 Å². The van der Waals surface area contributed by atoms with Gasteiger partial charge in [0.1, 0.15) is 24.4 Å². The predicted molar refractivity (Wildman–Crippen MR) is 272 cm³/mol. The highest BCUT2D eigenvalue weighted by atomic mass is 16.7. The van der Waals surface area contributed by atoms with Crippen LogP contribution in [-0.2, 0) is 14.3 Å². The molecular weight excluding hydrogens is 815 g/mol. The lowest BCUT2D eigenvalue weighted by atomic mass is 9.99. The molecule has 6 N–H and O–H groups in total. The van der Waals surface area contributed by atoms with Crippen molar-refractivity contribution in [2.45, 2.75) is 262 Å². The largest absolute Gasteiger partial charge is 0.394 e. The maximum atomic E-state index is 13.0. The van der Waals surface area contributed by atoms with Gasteiger partial charge in [-0.3, -0.25) is 4.79 Å². The fourth-order valence-electron chi connectivity index (χ4n) is 8.07. The molecule has 0 aromatic carbocycles. The third kappa shape index (κ3) is 35.4. The molecule has 0 aromatic heterocycles. The van der Waals surface area contributed by atoms with Crippen molar-refractivity contribution in [2.75, 3.05) is 13.2 Å². The molecule has 9 heteroatoms. The zero-order valence-corrected chi connectivity index (χ0v) is 41.5. The van der Waals surface area contributed by atoms with Gasteiger partial charge in [-0.2, -0.15) is 0 Å². The van der Waals surface area contributed by atoms with Crippen LogP contribution in [0.1, 0.15) is 219 Å². The second-order valence-electron chi connectivity index (χ2n) is 18.3. The van der Waals surface area contributed by atoms with E-state index in [1.54, 1.807) is 6.08 Å². The van der Waals surface area contributed by atoms with Gasteiger partial charge < -0.3 is 40.3 Å². The zero-order valence-electron chi connectivity index (χ0n) is 41.5. The molecule has 65 heavy (non-hydrogen) atoms. The minimum Gasteiger partial charge on any atom is -0.394 e. The normalized spacial score (nSPS) is 20.5. The van der Waals surface area contributed by atoms with Crippen LogP contribution < -0.4 is 5.32 Å². The fourth-order valence-corrected chi connectivity index (χ4v) is 8.07. The number of nitrogens with one attached hydrogen (secondary N) is 1. The van der Waals surface area contributed by atoms with Crippen molar-refractivity contribution in [3.05, 3.63) is 72.9 Å². The Kier molecular flexibility index (Phi) is 42.4. The molecule has 1 saturated heterocycles. The van der Waals surface area contributed by atoms with E-state index in [2.05, 4.69) is 79.9 Å². The number of amides is 1. The van der Waals surface area contributed by atoms with Crippen molar-refractivity contribution in [2.24, 2.45) is 0 Å². The Hall–Kier alpha value is -2.37. The van der Waals surface area contributed by atoms with E-state index in [-0.39, 0.29) is 12.5 Å². The van der Waals surface area contributed by atoms with Crippen LogP contribution in [0.3, 0.4) is 0 Å². The average molecular weight is 914 g/mol. The van der Waals surface area contributed by atoms with Crippen LogP contribution in [0.15, 0.2) is 72.9 Å². The van der Waals surface area contributed by atoms with E-state index in [0.29, 0.717) is 6.42 Å². The second kappa shape index (κ2) is 45.4. The molecule has 376 valence electrons. The summed E-state index contributed by atoms with van der Waals surface area (Å²) < 4.78 is 11.2. The molecule has 1 aliphatic heterocycles. The number of ether oxygens (including phenoxy) is 2. The lowest BCUT2D eigenvalue weighted by Crippen LogP contribution is -2.60. The van der Waals surface area contributed by atoms with Crippen LogP contribution in [0.5, 0.6) is 0 Å². The molecule has 0 aromatic rings. The number of carbonyl (C=O) groups excluding carboxylic acids is 1. The van der Waals surface area contributed by atoms with E-state index in [0.717, 1.165) is 89.9 Å². The van der Waals surface area contributed by atoms with Crippen LogP contribution in [0.4, 0.5) is 0 Å². The molecule has 1 heterocycles. The molecule has 0 bridgehead atoms. The van der Waals surface area contributed by atoms with Gasteiger partial charge in [0.15, 0.2) is 6.29 Å². The van der Waals surface area contributed by atoms with Gasteiger partial charge >= 0.3 is 0 Å². The highest BCUT2D eigenvalue weighted by molar-refractivity contribution is 5.76. The van der Waals surface area contributed by atoms with Crippen molar-refractivity contribution in [1.29, 1.82) is 0 Å². The predicted octanol–water partition coefficient (Wildman–Crippen LogP) is 12.5. The summed E-state index contributed by atoms with van der Waals surface area (Å²) in [6, 6.07) is -0.820. The summed E-state index contributed by atoms with van der Waals surface area (Å²) in [7, 11) is 0. The molecule has 1 amide bonds. The summed E-state index contributed by atoms with van der Waals surface area (Å²) >= 11 is 0. The van der Waals surface area contributed by atoms with E-state index in [4.69, 9.17) is 9.47 Å². The Labute approximate surface area is 398 Å². The molecule has 0 spiro atoms. The van der Waals surface area contributed by atoms with Crippen molar-refractivity contribution in [3.8, 4) is 0 Å². The first-order valence-corrected chi connectivity index (χ1v) is 26.7. The Morgan fingerprint density at radius 1 is 0.538 bits per heavy atom. The molecule has 0 radical (unpaired) electrons. The number of aliphatic hydroxyl groups excluding tert-OH is 5. The zero-order chi connectivity index (χ0) is 47.3. The highest BCUT2D eigenvalue weighted by Gasteiger charge is 2.44. The number of carbonyl (C=O) groups is 1. The van der Waals surface area contributed by atoms with Crippen molar-refractivity contribution in [3.63, 3.8) is 0 Å². The van der Waals surface area contributed by atoms with Gasteiger partial charge in [0.05, 0.1) is 25.4 Å². The monoisotopic (exact) mass is 914 g/mol. The minimum atomic E-state index is -1.57. The molecule has 9 nitrogen and oxygen atoms in total. The Balaban J connectivity index is 2.31. The SMILES string of the molecule is CC/C=C\C/C=C\C/C=C\C/C=C\C/C=C\CCCCCCCC(=O)NC(COC1OC(CO)C(O)C(O)C1O)C(O)/C=C/CCCCCCCCCCCCCCCCCCCCC. The molecule has 1 aliphatic rings. The first-order valence-electron chi connectivity index (χ1n) is 26.7. The third-order valence-electron chi connectivity index (χ3n) is 12.3. The molecule has 1 rings (SSSR count). The lowest BCUT2D eigenvalue weighted by Gasteiger charge is -2.40. The van der Waals surface area contributed by atoms with E-state index in [1.165, 1.54) is 109 Å². The molecule has 7 unspecified atom stereocenters. The van der Waals surface area contributed by atoms with E-state index in [9.17, 15) is 30.3 Å². The smallest absolute Gasteiger partial charge is 0.220 e. The maximum absolute atomic E-state index is 13.0. The van der Waals surface area contributed by atoms with Gasteiger partial charge in [-0.15, -0.1) is 0 Å². The number of hydrogen-bond donors (Lipinski definition) is 6. The van der Waals surface area contributed by atoms with Crippen LogP contribution in [-0.4, -0.2) is 87.5 Å². The summed E-state index contributed by atoms with van der Waals surface area (Å²) in [6.07, 6.45) is 55.2. The van der Waals surface area contributed by atoms with Crippen molar-refractivity contribution >= 4 is 5.91 Å². The molecular formula is C56H99NO8. The minimum absolute atomic E-state index is 0.197. The van der Waals surface area contributed by atoms with Crippen molar-refractivity contribution in [1.82, 2.24) is 5.32 Å². The van der Waals surface area contributed by atoms with E-state index >= 15 is 0 Å². The number of unbranched alkanes of at least 4 members (excludes halogenated alkanes) is 24. The van der Waals surface area contributed by atoms with Crippen LogP contribution >= 0.6 is 0 Å². The maximum Gasteiger partial charge on any atom is 0.220 e. The van der Waals surface area contributed by atoms with Gasteiger partial charge in [-0.25, -0.2) is 0 Å². The first-order chi connectivity index (χ1) is 31.8. The summed E-state index contributed by atoms with van der Waals surface area (Å²) in [6.45, 7) is 3.66. The number of rotatable bonds is 44. The van der Waals surface area contributed by atoms with Crippen molar-refractivity contribution < 1.29 is 39.8 Å². The van der Waals surface area contributed by atoms with Gasteiger partial charge in [0.25, 0.3) is 0 Å². The Morgan fingerprint density at radius 3 is 1.42 bits per heavy atom. The van der Waals surface area contributed by atoms with Crippen LogP contribution in [0.2, 0.25) is 0 Å². The summed E-state index contributed by atoms with van der Waals surface area (Å²) in [5, 5.41) is 54.4. The topological polar surface area (TPSA) is 149 Å². The molecule has 0 aliphatic carbocycles. The van der Waals surface area contributed by atoms with Crippen LogP contribution in [0, 0.1) is 0 Å². The summed E-state index contributed by atoms with van der Waals surface area (Å²) in [5.41, 5.74) is 0. The second-order valence-corrected chi connectivity index (χ2v) is 18.3. The van der Waals surface area contributed by atoms with Gasteiger partial charge in [-0.05, 0) is 64.2 Å². The number of allylic oxidation sites excluding steroid dienone is 11. The highest BCUT2D eigenvalue weighted by Crippen LogP contribution is 2.23. The fraction of sp³-hybridized carbons (Fsp3) is 0.768. The Morgan fingerprint density at radius 2 is 0.954 bits per heavy atom. The Bertz CT molecular complexity index is 1240.